The molecular formula is C23H22N4OS. The number of aryl methyl sites for hydroxylation is 2. The van der Waals surface area contributed by atoms with Gasteiger partial charge in [0.2, 0.25) is 0 Å². The van der Waals surface area contributed by atoms with Crippen LogP contribution in [0.3, 0.4) is 0 Å². The fourth-order valence-corrected chi connectivity index (χ4v) is 4.05. The number of nitrogens with zero attached hydrogens (tertiary/aromatic N) is 3. The van der Waals surface area contributed by atoms with Crippen molar-refractivity contribution in [2.45, 2.75) is 26.8 Å². The smallest absolute Gasteiger partial charge is 0.257 e. The summed E-state index contributed by atoms with van der Waals surface area (Å²) in [6, 6.07) is 16.1. The standard InChI is InChI=1S/C23H22N4OS/c1-16-3-5-18(6-4-16)13-21-17(2)25-23(29-21)26-22(28)20-9-7-19(8-10-20)14-27-12-11-24-15-27/h3-12,15H,13-14H2,1-2H3,(H,25,26,28). The largest absolute Gasteiger partial charge is 0.333 e. The zero-order valence-corrected chi connectivity index (χ0v) is 17.2. The van der Waals surface area contributed by atoms with Gasteiger partial charge < -0.3 is 4.57 Å². The van der Waals surface area contributed by atoms with Crippen LogP contribution in [-0.2, 0) is 13.0 Å². The van der Waals surface area contributed by atoms with Gasteiger partial charge in [0, 0.05) is 35.8 Å². The number of benzene rings is 2. The number of carbonyl (C=O) groups is 1. The normalized spacial score (nSPS) is 10.8. The van der Waals surface area contributed by atoms with Crippen LogP contribution in [-0.4, -0.2) is 20.4 Å². The Morgan fingerprint density at radius 2 is 1.76 bits per heavy atom. The third-order valence-electron chi connectivity index (χ3n) is 4.74. The molecule has 0 saturated carbocycles. The molecule has 4 aromatic rings. The average Bonchev–Trinajstić information content (AvgIpc) is 3.34. The molecule has 0 atom stereocenters. The molecule has 0 radical (unpaired) electrons. The second kappa shape index (κ2) is 8.41. The van der Waals surface area contributed by atoms with E-state index in [0.717, 1.165) is 24.2 Å². The number of aromatic nitrogens is 3. The lowest BCUT2D eigenvalue weighted by molar-refractivity contribution is 0.102. The van der Waals surface area contributed by atoms with E-state index in [2.05, 4.69) is 46.5 Å². The summed E-state index contributed by atoms with van der Waals surface area (Å²) in [5, 5.41) is 3.57. The molecule has 0 fully saturated rings. The molecule has 1 amide bonds. The number of thiazole rings is 1. The SMILES string of the molecule is Cc1ccc(Cc2sc(NC(=O)c3ccc(Cn4ccnc4)cc3)nc2C)cc1. The minimum Gasteiger partial charge on any atom is -0.333 e. The van der Waals surface area contributed by atoms with Gasteiger partial charge in [0.15, 0.2) is 5.13 Å². The van der Waals surface area contributed by atoms with Gasteiger partial charge in [-0.1, -0.05) is 42.0 Å². The van der Waals surface area contributed by atoms with Crippen LogP contribution in [0.1, 0.15) is 37.6 Å². The molecule has 2 aromatic carbocycles. The maximum Gasteiger partial charge on any atom is 0.257 e. The van der Waals surface area contributed by atoms with Crippen molar-refractivity contribution in [3.05, 3.63) is 100 Å². The Morgan fingerprint density at radius 1 is 1.03 bits per heavy atom. The zero-order valence-electron chi connectivity index (χ0n) is 16.4. The van der Waals surface area contributed by atoms with E-state index in [4.69, 9.17) is 0 Å². The van der Waals surface area contributed by atoms with E-state index in [9.17, 15) is 4.79 Å². The molecule has 6 heteroatoms. The van der Waals surface area contributed by atoms with Crippen LogP contribution in [0.5, 0.6) is 0 Å². The molecule has 1 N–H and O–H groups in total. The number of rotatable bonds is 6. The van der Waals surface area contributed by atoms with Gasteiger partial charge in [-0.05, 0) is 37.1 Å². The van der Waals surface area contributed by atoms with Crippen LogP contribution in [0, 0.1) is 13.8 Å². The summed E-state index contributed by atoms with van der Waals surface area (Å²) in [6.07, 6.45) is 6.27. The zero-order chi connectivity index (χ0) is 20.2. The topological polar surface area (TPSA) is 59.8 Å². The van der Waals surface area contributed by atoms with Crippen molar-refractivity contribution in [3.8, 4) is 0 Å². The molecule has 0 aliphatic carbocycles. The molecule has 2 heterocycles. The Kier molecular flexibility index (Phi) is 5.53. The van der Waals surface area contributed by atoms with Gasteiger partial charge in [0.25, 0.3) is 5.91 Å². The van der Waals surface area contributed by atoms with Crippen LogP contribution in [0.2, 0.25) is 0 Å². The summed E-state index contributed by atoms with van der Waals surface area (Å²) >= 11 is 1.53. The number of imidazole rings is 1. The first-order valence-electron chi connectivity index (χ1n) is 9.45. The van der Waals surface area contributed by atoms with E-state index in [1.165, 1.54) is 27.3 Å². The van der Waals surface area contributed by atoms with Gasteiger partial charge in [-0.15, -0.1) is 11.3 Å². The van der Waals surface area contributed by atoms with Crippen molar-refractivity contribution < 1.29 is 4.79 Å². The number of carbonyl (C=O) groups excluding carboxylic acids is 1. The molecule has 0 aliphatic rings. The Morgan fingerprint density at radius 3 is 2.45 bits per heavy atom. The van der Waals surface area contributed by atoms with Gasteiger partial charge in [-0.2, -0.15) is 0 Å². The Bertz CT molecular complexity index is 1100. The Labute approximate surface area is 174 Å². The van der Waals surface area contributed by atoms with Crippen LogP contribution in [0.15, 0.2) is 67.3 Å². The molecule has 5 nitrogen and oxygen atoms in total. The van der Waals surface area contributed by atoms with Gasteiger partial charge >= 0.3 is 0 Å². The van der Waals surface area contributed by atoms with E-state index in [0.29, 0.717) is 10.7 Å². The van der Waals surface area contributed by atoms with E-state index in [-0.39, 0.29) is 5.91 Å². The highest BCUT2D eigenvalue weighted by Crippen LogP contribution is 2.26. The molecule has 0 saturated heterocycles. The lowest BCUT2D eigenvalue weighted by Crippen LogP contribution is -2.11. The molecular weight excluding hydrogens is 380 g/mol. The minimum absolute atomic E-state index is 0.144. The van der Waals surface area contributed by atoms with Crippen LogP contribution >= 0.6 is 11.3 Å². The molecule has 0 unspecified atom stereocenters. The maximum absolute atomic E-state index is 12.6. The monoisotopic (exact) mass is 402 g/mol. The first kappa shape index (κ1) is 19.1. The highest BCUT2D eigenvalue weighted by atomic mass is 32.1. The molecule has 0 aliphatic heterocycles. The van der Waals surface area contributed by atoms with Crippen LogP contribution in [0.25, 0.3) is 0 Å². The van der Waals surface area contributed by atoms with Crippen molar-refractivity contribution >= 4 is 22.4 Å². The molecule has 0 spiro atoms. The maximum atomic E-state index is 12.6. The number of hydrogen-bond acceptors (Lipinski definition) is 4. The van der Waals surface area contributed by atoms with E-state index in [1.807, 2.05) is 42.0 Å². The molecule has 29 heavy (non-hydrogen) atoms. The number of hydrogen-bond donors (Lipinski definition) is 1. The summed E-state index contributed by atoms with van der Waals surface area (Å²) in [5.41, 5.74) is 5.19. The molecule has 146 valence electrons. The lowest BCUT2D eigenvalue weighted by Gasteiger charge is -2.05. The van der Waals surface area contributed by atoms with Crippen molar-refractivity contribution in [3.63, 3.8) is 0 Å². The van der Waals surface area contributed by atoms with Crippen molar-refractivity contribution in [1.29, 1.82) is 0 Å². The lowest BCUT2D eigenvalue weighted by atomic mass is 10.1. The van der Waals surface area contributed by atoms with Gasteiger partial charge in [-0.25, -0.2) is 9.97 Å². The Hall–Kier alpha value is -3.25. The highest BCUT2D eigenvalue weighted by molar-refractivity contribution is 7.15. The summed E-state index contributed by atoms with van der Waals surface area (Å²) in [6.45, 7) is 4.80. The summed E-state index contributed by atoms with van der Waals surface area (Å²) in [4.78, 5) is 22.3. The summed E-state index contributed by atoms with van der Waals surface area (Å²) < 4.78 is 1.99. The second-order valence-corrected chi connectivity index (χ2v) is 8.16. The van der Waals surface area contributed by atoms with E-state index < -0.39 is 0 Å². The predicted octanol–water partition coefficient (Wildman–Crippen LogP) is 4.85. The van der Waals surface area contributed by atoms with Crippen molar-refractivity contribution in [1.82, 2.24) is 14.5 Å². The van der Waals surface area contributed by atoms with Crippen molar-refractivity contribution in [2.24, 2.45) is 0 Å². The summed E-state index contributed by atoms with van der Waals surface area (Å²) in [5.74, 6) is -0.144. The Balaban J connectivity index is 1.41. The van der Waals surface area contributed by atoms with Gasteiger partial charge in [0.1, 0.15) is 0 Å². The number of nitrogens with one attached hydrogen (secondary N) is 1. The first-order chi connectivity index (χ1) is 14.1. The number of anilines is 1. The van der Waals surface area contributed by atoms with E-state index in [1.54, 1.807) is 12.5 Å². The van der Waals surface area contributed by atoms with Crippen molar-refractivity contribution in [2.75, 3.05) is 5.32 Å². The molecule has 4 rings (SSSR count). The van der Waals surface area contributed by atoms with Crippen LogP contribution in [0.4, 0.5) is 5.13 Å². The first-order valence-corrected chi connectivity index (χ1v) is 10.3. The van der Waals surface area contributed by atoms with E-state index >= 15 is 0 Å². The van der Waals surface area contributed by atoms with Crippen LogP contribution < -0.4 is 5.32 Å². The highest BCUT2D eigenvalue weighted by Gasteiger charge is 2.12. The fraction of sp³-hybridized carbons (Fsp3) is 0.174. The third-order valence-corrected chi connectivity index (χ3v) is 5.81. The quantitative estimate of drug-likeness (QED) is 0.502. The summed E-state index contributed by atoms with van der Waals surface area (Å²) in [7, 11) is 0. The molecule has 0 bridgehead atoms. The van der Waals surface area contributed by atoms with Gasteiger partial charge in [-0.3, -0.25) is 10.1 Å². The predicted molar refractivity (Wildman–Crippen MR) is 117 cm³/mol. The fourth-order valence-electron chi connectivity index (χ4n) is 3.06. The minimum atomic E-state index is -0.144. The second-order valence-electron chi connectivity index (χ2n) is 7.08. The third kappa shape index (κ3) is 4.78. The average molecular weight is 403 g/mol. The van der Waals surface area contributed by atoms with Gasteiger partial charge in [0.05, 0.1) is 12.0 Å². The number of amides is 1. The molecule has 2 aromatic heterocycles.